The number of rotatable bonds is 2. The zero-order valence-corrected chi connectivity index (χ0v) is 8.03. The molecule has 0 saturated heterocycles. The van der Waals surface area contributed by atoms with E-state index in [1.165, 1.54) is 16.7 Å². The van der Waals surface area contributed by atoms with Gasteiger partial charge in [-0.2, -0.15) is 0 Å². The van der Waals surface area contributed by atoms with Crippen LogP contribution in [-0.4, -0.2) is 0 Å². The van der Waals surface area contributed by atoms with Gasteiger partial charge >= 0.3 is 0 Å². The topological polar surface area (TPSA) is 26.0 Å². The summed E-state index contributed by atoms with van der Waals surface area (Å²) in [5.41, 5.74) is 10.3. The van der Waals surface area contributed by atoms with Gasteiger partial charge in [0.05, 0.1) is 0 Å². The van der Waals surface area contributed by atoms with Crippen LogP contribution in [0.25, 0.3) is 5.57 Å². The third-order valence-corrected chi connectivity index (χ3v) is 2.43. The Hall–Kier alpha value is -1.60. The molecule has 0 fully saturated rings. The van der Waals surface area contributed by atoms with Crippen molar-refractivity contribution in [3.63, 3.8) is 0 Å². The Bertz CT molecular complexity index is 425. The molecule has 1 aliphatic carbocycles. The van der Waals surface area contributed by atoms with Crippen molar-refractivity contribution in [1.29, 1.82) is 0 Å². The molecule has 70 valence electrons. The molecule has 0 bridgehead atoms. The van der Waals surface area contributed by atoms with Crippen molar-refractivity contribution in [3.8, 4) is 0 Å². The molecule has 2 N–H and O–H groups in total. The van der Waals surface area contributed by atoms with E-state index in [4.69, 9.17) is 5.73 Å². The van der Waals surface area contributed by atoms with Crippen molar-refractivity contribution in [1.82, 2.24) is 0 Å². The highest BCUT2D eigenvalue weighted by molar-refractivity contribution is 5.86. The first-order valence-corrected chi connectivity index (χ1v) is 4.69. The molecule has 2 rings (SSSR count). The normalized spacial score (nSPS) is 14.6. The van der Waals surface area contributed by atoms with Crippen LogP contribution in [0, 0.1) is 0 Å². The maximum absolute atomic E-state index is 5.69. The fourth-order valence-corrected chi connectivity index (χ4v) is 1.68. The summed E-state index contributed by atoms with van der Waals surface area (Å²) in [6, 6.07) is 8.19. The van der Waals surface area contributed by atoms with Crippen LogP contribution in [0.4, 0.5) is 0 Å². The summed E-state index contributed by atoms with van der Waals surface area (Å²) < 4.78 is 0. The minimum atomic E-state index is 0.570. The van der Waals surface area contributed by atoms with E-state index in [1.807, 2.05) is 24.3 Å². The summed E-state index contributed by atoms with van der Waals surface area (Å²) in [6.07, 6.45) is 6.12. The SMILES string of the molecule is C=C1C=CC=C1c1ccccc1CN. The minimum Gasteiger partial charge on any atom is -0.326 e. The summed E-state index contributed by atoms with van der Waals surface area (Å²) in [4.78, 5) is 0. The molecule has 0 aromatic heterocycles. The van der Waals surface area contributed by atoms with Crippen molar-refractivity contribution in [2.45, 2.75) is 6.54 Å². The van der Waals surface area contributed by atoms with Crippen molar-refractivity contribution in [3.05, 3.63) is 65.8 Å². The Morgan fingerprint density at radius 1 is 1.21 bits per heavy atom. The zero-order chi connectivity index (χ0) is 9.97. The summed E-state index contributed by atoms with van der Waals surface area (Å²) in [6.45, 7) is 4.56. The van der Waals surface area contributed by atoms with Crippen molar-refractivity contribution in [2.75, 3.05) is 0 Å². The third-order valence-electron chi connectivity index (χ3n) is 2.43. The lowest BCUT2D eigenvalue weighted by Gasteiger charge is -2.09. The quantitative estimate of drug-likeness (QED) is 0.749. The monoisotopic (exact) mass is 183 g/mol. The smallest absolute Gasteiger partial charge is 0.0184 e. The van der Waals surface area contributed by atoms with Crippen LogP contribution >= 0.6 is 0 Å². The molecule has 0 unspecified atom stereocenters. The Balaban J connectivity index is 2.47. The highest BCUT2D eigenvalue weighted by Crippen LogP contribution is 2.29. The molecule has 14 heavy (non-hydrogen) atoms. The molecular formula is C13H13N. The first-order valence-electron chi connectivity index (χ1n) is 4.69. The summed E-state index contributed by atoms with van der Waals surface area (Å²) in [5.74, 6) is 0. The number of hydrogen-bond donors (Lipinski definition) is 1. The van der Waals surface area contributed by atoms with E-state index in [-0.39, 0.29) is 0 Å². The fraction of sp³-hybridized carbons (Fsp3) is 0.0769. The predicted molar refractivity (Wildman–Crippen MR) is 60.6 cm³/mol. The van der Waals surface area contributed by atoms with E-state index < -0.39 is 0 Å². The Labute approximate surface area is 84.3 Å². The van der Waals surface area contributed by atoms with Gasteiger partial charge in [-0.25, -0.2) is 0 Å². The maximum Gasteiger partial charge on any atom is 0.0184 e. The summed E-state index contributed by atoms with van der Waals surface area (Å²) >= 11 is 0. The van der Waals surface area contributed by atoms with Crippen LogP contribution in [0.2, 0.25) is 0 Å². The third kappa shape index (κ3) is 1.42. The van der Waals surface area contributed by atoms with Gasteiger partial charge in [0.15, 0.2) is 0 Å². The van der Waals surface area contributed by atoms with Gasteiger partial charge in [-0.15, -0.1) is 0 Å². The van der Waals surface area contributed by atoms with Gasteiger partial charge in [-0.1, -0.05) is 49.1 Å². The molecule has 0 heterocycles. The van der Waals surface area contributed by atoms with E-state index >= 15 is 0 Å². The second-order valence-electron chi connectivity index (χ2n) is 3.33. The van der Waals surface area contributed by atoms with Crippen LogP contribution in [0.15, 0.2) is 54.6 Å². The van der Waals surface area contributed by atoms with E-state index in [0.717, 1.165) is 5.57 Å². The van der Waals surface area contributed by atoms with Gasteiger partial charge in [-0.3, -0.25) is 0 Å². The van der Waals surface area contributed by atoms with Crippen molar-refractivity contribution in [2.24, 2.45) is 5.73 Å². The van der Waals surface area contributed by atoms with Gasteiger partial charge in [0.2, 0.25) is 0 Å². The van der Waals surface area contributed by atoms with Crippen LogP contribution < -0.4 is 5.73 Å². The lowest BCUT2D eigenvalue weighted by atomic mass is 9.97. The molecule has 0 amide bonds. The van der Waals surface area contributed by atoms with Gasteiger partial charge in [0, 0.05) is 6.54 Å². The van der Waals surface area contributed by atoms with Crippen LogP contribution in [0.5, 0.6) is 0 Å². The van der Waals surface area contributed by atoms with E-state index in [1.54, 1.807) is 0 Å². The number of nitrogens with two attached hydrogens (primary N) is 1. The molecule has 1 heteroatoms. The molecule has 0 saturated carbocycles. The molecule has 0 atom stereocenters. The zero-order valence-electron chi connectivity index (χ0n) is 8.03. The van der Waals surface area contributed by atoms with E-state index in [0.29, 0.717) is 6.54 Å². The molecule has 1 aliphatic rings. The second kappa shape index (κ2) is 3.64. The van der Waals surface area contributed by atoms with E-state index in [2.05, 4.69) is 24.8 Å². The molecular weight excluding hydrogens is 170 g/mol. The lowest BCUT2D eigenvalue weighted by Crippen LogP contribution is -2.00. The summed E-state index contributed by atoms with van der Waals surface area (Å²) in [7, 11) is 0. The highest BCUT2D eigenvalue weighted by atomic mass is 14.5. The molecule has 0 spiro atoms. The van der Waals surface area contributed by atoms with Gasteiger partial charge in [0.1, 0.15) is 0 Å². The van der Waals surface area contributed by atoms with Crippen molar-refractivity contribution < 1.29 is 0 Å². The molecule has 1 aromatic rings. The van der Waals surface area contributed by atoms with Crippen LogP contribution in [-0.2, 0) is 6.54 Å². The first-order chi connectivity index (χ1) is 6.83. The van der Waals surface area contributed by atoms with Crippen molar-refractivity contribution >= 4 is 5.57 Å². The molecule has 0 aliphatic heterocycles. The average molecular weight is 183 g/mol. The highest BCUT2D eigenvalue weighted by Gasteiger charge is 2.09. The Morgan fingerprint density at radius 2 is 2.00 bits per heavy atom. The molecule has 0 radical (unpaired) electrons. The van der Waals surface area contributed by atoms with Crippen LogP contribution in [0.1, 0.15) is 11.1 Å². The number of benzene rings is 1. The molecule has 1 nitrogen and oxygen atoms in total. The number of allylic oxidation sites excluding steroid dienone is 5. The Morgan fingerprint density at radius 3 is 2.64 bits per heavy atom. The fourth-order valence-electron chi connectivity index (χ4n) is 1.68. The second-order valence-corrected chi connectivity index (χ2v) is 3.33. The standard InChI is InChI=1S/C13H13N/c1-10-5-4-8-12(10)13-7-3-2-6-11(13)9-14/h2-8H,1,9,14H2. The molecule has 1 aromatic carbocycles. The van der Waals surface area contributed by atoms with E-state index in [9.17, 15) is 0 Å². The predicted octanol–water partition coefficient (Wildman–Crippen LogP) is 2.65. The first kappa shape index (κ1) is 8.97. The minimum absolute atomic E-state index is 0.570. The van der Waals surface area contributed by atoms with Gasteiger partial charge in [0.25, 0.3) is 0 Å². The number of hydrogen-bond acceptors (Lipinski definition) is 1. The lowest BCUT2D eigenvalue weighted by molar-refractivity contribution is 1.06. The summed E-state index contributed by atoms with van der Waals surface area (Å²) in [5, 5.41) is 0. The van der Waals surface area contributed by atoms with Gasteiger partial charge in [-0.05, 0) is 22.3 Å². The maximum atomic E-state index is 5.69. The average Bonchev–Trinajstić information content (AvgIpc) is 2.64. The van der Waals surface area contributed by atoms with Gasteiger partial charge < -0.3 is 5.73 Å². The largest absolute Gasteiger partial charge is 0.326 e. The Kier molecular flexibility index (Phi) is 2.33. The van der Waals surface area contributed by atoms with Crippen LogP contribution in [0.3, 0.4) is 0 Å².